The van der Waals surface area contributed by atoms with Crippen molar-refractivity contribution in [1.29, 1.82) is 0 Å². The largest absolute Gasteiger partial charge is 0.465 e. The van der Waals surface area contributed by atoms with Crippen LogP contribution in [0.5, 0.6) is 5.75 Å². The second-order valence-electron chi connectivity index (χ2n) is 4.98. The lowest BCUT2D eigenvalue weighted by molar-refractivity contribution is 0.329. The normalized spacial score (nSPS) is 22.6. The maximum atomic E-state index is 6.08. The van der Waals surface area contributed by atoms with E-state index in [0.717, 1.165) is 29.3 Å². The van der Waals surface area contributed by atoms with Crippen LogP contribution in [0.3, 0.4) is 0 Å². The summed E-state index contributed by atoms with van der Waals surface area (Å²) in [6, 6.07) is 8.19. The lowest BCUT2D eigenvalue weighted by atomic mass is 9.88. The van der Waals surface area contributed by atoms with Gasteiger partial charge < -0.3 is 9.47 Å². The predicted molar refractivity (Wildman–Crippen MR) is 77.9 cm³/mol. The Kier molecular flexibility index (Phi) is 2.59. The van der Waals surface area contributed by atoms with Gasteiger partial charge >= 0.3 is 0 Å². The summed E-state index contributed by atoms with van der Waals surface area (Å²) in [6.45, 7) is 0. The molecule has 0 fully saturated rings. The third kappa shape index (κ3) is 1.81. The van der Waals surface area contributed by atoms with E-state index < -0.39 is 0 Å². The first-order valence-electron chi connectivity index (χ1n) is 6.80. The van der Waals surface area contributed by atoms with Gasteiger partial charge in [0.05, 0.1) is 12.2 Å². The first kappa shape index (κ1) is 11.4. The van der Waals surface area contributed by atoms with E-state index in [4.69, 9.17) is 9.47 Å². The van der Waals surface area contributed by atoms with Crippen LogP contribution >= 0.6 is 0 Å². The lowest BCUT2D eigenvalue weighted by Crippen LogP contribution is -2.18. The average Bonchev–Trinajstić information content (AvgIpc) is 2.54. The van der Waals surface area contributed by atoms with Crippen LogP contribution in [0.4, 0.5) is 0 Å². The number of hydrogen-bond donors (Lipinski definition) is 0. The molecule has 0 saturated carbocycles. The van der Waals surface area contributed by atoms with E-state index >= 15 is 0 Å². The van der Waals surface area contributed by atoms with Gasteiger partial charge in [-0.15, -0.1) is 0 Å². The minimum absolute atomic E-state index is 0.133. The lowest BCUT2D eigenvalue weighted by Gasteiger charge is -2.28. The zero-order chi connectivity index (χ0) is 13.4. The van der Waals surface area contributed by atoms with Crippen molar-refractivity contribution in [1.82, 2.24) is 0 Å². The van der Waals surface area contributed by atoms with Gasteiger partial charge in [-0.05, 0) is 36.3 Å². The van der Waals surface area contributed by atoms with Crippen molar-refractivity contribution >= 4 is 0 Å². The van der Waals surface area contributed by atoms with E-state index in [-0.39, 0.29) is 5.92 Å². The highest BCUT2D eigenvalue weighted by Crippen LogP contribution is 2.37. The molecule has 4 rings (SSSR count). The van der Waals surface area contributed by atoms with Crippen LogP contribution in [0.25, 0.3) is 0 Å². The van der Waals surface area contributed by atoms with Crippen molar-refractivity contribution in [3.63, 3.8) is 0 Å². The van der Waals surface area contributed by atoms with E-state index in [0.29, 0.717) is 0 Å². The molecular weight excluding hydrogens is 248 g/mol. The monoisotopic (exact) mass is 262 g/mol. The fourth-order valence-electron chi connectivity index (χ4n) is 2.75. The maximum absolute atomic E-state index is 6.08. The predicted octanol–water partition coefficient (Wildman–Crippen LogP) is 4.05. The fraction of sp³-hybridized carbons (Fsp3) is 0.111. The molecule has 1 aromatic carbocycles. The van der Waals surface area contributed by atoms with E-state index in [2.05, 4.69) is 24.3 Å². The van der Waals surface area contributed by atoms with Gasteiger partial charge in [-0.2, -0.15) is 0 Å². The molecule has 0 bridgehead atoms. The SMILES string of the molecule is C1=COC2=CC=CC(C3=CCc4ccccc4O3)C2=C1. The van der Waals surface area contributed by atoms with Crippen LogP contribution in [0.2, 0.25) is 0 Å². The molecule has 2 heterocycles. The number of para-hydroxylation sites is 1. The Morgan fingerprint density at radius 3 is 3.00 bits per heavy atom. The average molecular weight is 262 g/mol. The summed E-state index contributed by atoms with van der Waals surface area (Å²) in [5.41, 5.74) is 2.39. The minimum atomic E-state index is 0.133. The van der Waals surface area contributed by atoms with Crippen LogP contribution in [0.15, 0.2) is 84.1 Å². The molecule has 0 radical (unpaired) electrons. The summed E-state index contributed by atoms with van der Waals surface area (Å²) in [5, 5.41) is 0. The summed E-state index contributed by atoms with van der Waals surface area (Å²) in [4.78, 5) is 0. The summed E-state index contributed by atoms with van der Waals surface area (Å²) in [7, 11) is 0. The van der Waals surface area contributed by atoms with Crippen molar-refractivity contribution in [2.45, 2.75) is 6.42 Å². The highest BCUT2D eigenvalue weighted by atomic mass is 16.5. The summed E-state index contributed by atoms with van der Waals surface area (Å²) < 4.78 is 11.6. The van der Waals surface area contributed by atoms with Gasteiger partial charge in [0.15, 0.2) is 0 Å². The van der Waals surface area contributed by atoms with E-state index in [1.165, 1.54) is 5.56 Å². The molecule has 0 amide bonds. The number of benzene rings is 1. The number of ether oxygens (including phenoxy) is 2. The minimum Gasteiger partial charge on any atom is -0.465 e. The van der Waals surface area contributed by atoms with Gasteiger partial charge in [-0.1, -0.05) is 36.4 Å². The third-order valence-electron chi connectivity index (χ3n) is 3.75. The Bertz CT molecular complexity index is 702. The Hall–Kier alpha value is -2.48. The molecule has 0 N–H and O–H groups in total. The summed E-state index contributed by atoms with van der Waals surface area (Å²) in [6.07, 6.45) is 15.0. The number of allylic oxidation sites excluding steroid dienone is 7. The van der Waals surface area contributed by atoms with Crippen LogP contribution in [-0.2, 0) is 11.2 Å². The zero-order valence-electron chi connectivity index (χ0n) is 11.0. The number of rotatable bonds is 1. The first-order chi connectivity index (χ1) is 9.92. The van der Waals surface area contributed by atoms with Crippen LogP contribution < -0.4 is 4.74 Å². The van der Waals surface area contributed by atoms with Crippen molar-refractivity contribution < 1.29 is 9.47 Å². The van der Waals surface area contributed by atoms with Gasteiger partial charge in [0.25, 0.3) is 0 Å². The molecule has 20 heavy (non-hydrogen) atoms. The third-order valence-corrected chi connectivity index (χ3v) is 3.75. The molecule has 0 spiro atoms. The molecular formula is C18H14O2. The fourth-order valence-corrected chi connectivity index (χ4v) is 2.75. The first-order valence-corrected chi connectivity index (χ1v) is 6.80. The maximum Gasteiger partial charge on any atom is 0.130 e. The second kappa shape index (κ2) is 4.57. The molecule has 0 aromatic heterocycles. The second-order valence-corrected chi connectivity index (χ2v) is 4.98. The van der Waals surface area contributed by atoms with Crippen molar-refractivity contribution in [2.24, 2.45) is 5.92 Å². The molecule has 2 nitrogen and oxygen atoms in total. The zero-order valence-corrected chi connectivity index (χ0v) is 11.0. The molecule has 1 atom stereocenters. The van der Waals surface area contributed by atoms with E-state index in [1.54, 1.807) is 6.26 Å². The molecule has 1 aromatic rings. The highest BCUT2D eigenvalue weighted by Gasteiger charge is 2.27. The van der Waals surface area contributed by atoms with Crippen molar-refractivity contribution in [3.8, 4) is 5.75 Å². The summed E-state index contributed by atoms with van der Waals surface area (Å²) >= 11 is 0. The van der Waals surface area contributed by atoms with E-state index in [1.807, 2.05) is 36.4 Å². The quantitative estimate of drug-likeness (QED) is 0.760. The van der Waals surface area contributed by atoms with Gasteiger partial charge in [0, 0.05) is 5.57 Å². The van der Waals surface area contributed by atoms with Crippen LogP contribution in [0.1, 0.15) is 5.56 Å². The highest BCUT2D eigenvalue weighted by molar-refractivity contribution is 5.48. The topological polar surface area (TPSA) is 18.5 Å². The van der Waals surface area contributed by atoms with Gasteiger partial charge in [0.2, 0.25) is 0 Å². The van der Waals surface area contributed by atoms with Crippen LogP contribution in [-0.4, -0.2) is 0 Å². The molecule has 1 unspecified atom stereocenters. The van der Waals surface area contributed by atoms with Crippen molar-refractivity contribution in [3.05, 3.63) is 89.6 Å². The molecule has 2 heteroatoms. The molecule has 0 saturated heterocycles. The van der Waals surface area contributed by atoms with Crippen molar-refractivity contribution in [2.75, 3.05) is 0 Å². The molecule has 2 aliphatic heterocycles. The molecule has 98 valence electrons. The molecule has 3 aliphatic rings. The van der Waals surface area contributed by atoms with Gasteiger partial charge in [-0.3, -0.25) is 0 Å². The standard InChI is InChI=1S/C18H14O2/c1-2-8-16-13(5-1)10-11-18(20-16)15-6-3-9-17-14(15)7-4-12-19-17/h1-9,11-12,15H,10H2. The Morgan fingerprint density at radius 1 is 1.05 bits per heavy atom. The van der Waals surface area contributed by atoms with Gasteiger partial charge in [0.1, 0.15) is 17.3 Å². The number of fused-ring (bicyclic) bond motifs is 2. The van der Waals surface area contributed by atoms with E-state index in [9.17, 15) is 0 Å². The van der Waals surface area contributed by atoms with Gasteiger partial charge in [-0.25, -0.2) is 0 Å². The Morgan fingerprint density at radius 2 is 2.00 bits per heavy atom. The number of hydrogen-bond acceptors (Lipinski definition) is 2. The molecule has 1 aliphatic carbocycles. The Balaban J connectivity index is 1.68. The van der Waals surface area contributed by atoms with Crippen LogP contribution in [0, 0.1) is 5.92 Å². The smallest absolute Gasteiger partial charge is 0.130 e. The Labute approximate surface area is 118 Å². The summed E-state index contributed by atoms with van der Waals surface area (Å²) in [5.74, 6) is 2.98.